The Labute approximate surface area is 322 Å². The number of ketones is 1. The summed E-state index contributed by atoms with van der Waals surface area (Å²) >= 11 is 0. The van der Waals surface area contributed by atoms with Crippen molar-refractivity contribution in [1.29, 1.82) is 0 Å². The van der Waals surface area contributed by atoms with Crippen molar-refractivity contribution in [2.75, 3.05) is 0 Å². The van der Waals surface area contributed by atoms with E-state index in [1.165, 1.54) is 36.4 Å². The van der Waals surface area contributed by atoms with Gasteiger partial charge in [-0.05, 0) is 89.8 Å². The third kappa shape index (κ3) is 7.27. The maximum atomic E-state index is 15.0. The van der Waals surface area contributed by atoms with Crippen LogP contribution in [0.5, 0.6) is 46.0 Å². The molecule has 0 saturated carbocycles. The van der Waals surface area contributed by atoms with Crippen molar-refractivity contribution >= 4 is 16.8 Å². The van der Waals surface area contributed by atoms with Crippen molar-refractivity contribution in [1.82, 2.24) is 0 Å². The molecule has 0 saturated heterocycles. The number of rotatable bonds is 9. The van der Waals surface area contributed by atoms with E-state index in [1.54, 1.807) is 25.2 Å². The molecule has 3 atom stereocenters. The summed E-state index contributed by atoms with van der Waals surface area (Å²) in [6.07, 6.45) is 5.67. The minimum absolute atomic E-state index is 0.0277. The molecule has 290 valence electrons. The number of carbonyl (C=O) groups is 1. The standard InChI is InChI=1S/C45H44O11/c1-21(2)6-9-27-33(48)14-12-28(41(27)52)42(53)38-31(26-11-8-24(46)18-35(26)50)16-23(5)17-32(38)39-34(49)15-13-30(43(39)54)45-29(10-7-22(3)4)44(55)40-36(51)19-25(47)20-37(40)56-45/h6-8,11-15,17-20,31-32,38,46-52,54H,9-10,16H2,1-5H3/t31-,32-,38-/m1/s1. The van der Waals surface area contributed by atoms with Gasteiger partial charge >= 0.3 is 0 Å². The minimum Gasteiger partial charge on any atom is -0.508 e. The molecule has 8 N–H and O–H groups in total. The summed E-state index contributed by atoms with van der Waals surface area (Å²) in [5, 5.41) is 88.1. The Morgan fingerprint density at radius 2 is 1.38 bits per heavy atom. The SMILES string of the molecule is CC(C)=CCc1c(O)ccc(C(=O)[C@@H]2[C@@H](c3ccc(O)cc3O)CC(C)=C[C@H]2c2c(O)ccc(-c3oc4cc(O)cc(O)c4c(=O)c3CC=C(C)C)c2O)c1O. The molecule has 11 nitrogen and oxygen atoms in total. The third-order valence-corrected chi connectivity index (χ3v) is 10.3. The molecule has 6 rings (SSSR count). The topological polar surface area (TPSA) is 209 Å². The Morgan fingerprint density at radius 3 is 2.04 bits per heavy atom. The minimum atomic E-state index is -1.21. The second kappa shape index (κ2) is 15.3. The van der Waals surface area contributed by atoms with Gasteiger partial charge in [0.25, 0.3) is 0 Å². The first-order valence-corrected chi connectivity index (χ1v) is 18.1. The Morgan fingerprint density at radius 1 is 0.732 bits per heavy atom. The predicted molar refractivity (Wildman–Crippen MR) is 212 cm³/mol. The molecule has 0 amide bonds. The number of carbonyl (C=O) groups excluding carboxylic acids is 1. The average molecular weight is 761 g/mol. The number of hydrogen-bond acceptors (Lipinski definition) is 11. The van der Waals surface area contributed by atoms with Crippen LogP contribution in [0.1, 0.15) is 85.5 Å². The van der Waals surface area contributed by atoms with Gasteiger partial charge in [0.15, 0.2) is 5.78 Å². The molecule has 0 fully saturated rings. The van der Waals surface area contributed by atoms with E-state index in [2.05, 4.69) is 0 Å². The molecule has 0 unspecified atom stereocenters. The number of phenolic OH excluding ortho intramolecular Hbond substituents is 8. The van der Waals surface area contributed by atoms with Crippen LogP contribution in [0.4, 0.5) is 0 Å². The van der Waals surface area contributed by atoms with Gasteiger partial charge < -0.3 is 45.3 Å². The van der Waals surface area contributed by atoms with E-state index in [9.17, 15) is 45.6 Å². The van der Waals surface area contributed by atoms with E-state index >= 15 is 4.79 Å². The summed E-state index contributed by atoms with van der Waals surface area (Å²) in [4.78, 5) is 29.0. The van der Waals surface area contributed by atoms with E-state index in [4.69, 9.17) is 4.42 Å². The van der Waals surface area contributed by atoms with Crippen LogP contribution in [-0.4, -0.2) is 46.6 Å². The molecular weight excluding hydrogens is 716 g/mol. The van der Waals surface area contributed by atoms with Crippen molar-refractivity contribution in [3.05, 3.63) is 128 Å². The average Bonchev–Trinajstić information content (AvgIpc) is 3.10. The highest BCUT2D eigenvalue weighted by Gasteiger charge is 2.44. The van der Waals surface area contributed by atoms with Crippen LogP contribution in [-0.2, 0) is 12.8 Å². The summed E-state index contributed by atoms with van der Waals surface area (Å²) in [5.74, 6) is -6.85. The lowest BCUT2D eigenvalue weighted by Crippen LogP contribution is -2.31. The zero-order chi connectivity index (χ0) is 40.7. The molecule has 0 spiro atoms. The number of Topliss-reactive ketones (excluding diaryl/α,β-unsaturated/α-hetero) is 1. The Balaban J connectivity index is 1.62. The molecule has 0 bridgehead atoms. The zero-order valence-electron chi connectivity index (χ0n) is 31.6. The first-order chi connectivity index (χ1) is 26.5. The van der Waals surface area contributed by atoms with Crippen molar-refractivity contribution in [3.63, 3.8) is 0 Å². The molecular formula is C45H44O11. The van der Waals surface area contributed by atoms with Crippen LogP contribution in [0.15, 0.2) is 98.8 Å². The van der Waals surface area contributed by atoms with Gasteiger partial charge in [-0.1, -0.05) is 41.0 Å². The number of phenols is 8. The molecule has 0 aliphatic heterocycles. The molecule has 1 aromatic heterocycles. The van der Waals surface area contributed by atoms with Crippen molar-refractivity contribution in [2.24, 2.45) is 5.92 Å². The quantitative estimate of drug-likeness (QED) is 0.0526. The van der Waals surface area contributed by atoms with Crippen molar-refractivity contribution < 1.29 is 50.1 Å². The second-order valence-corrected chi connectivity index (χ2v) is 14.9. The fraction of sp³-hybridized carbons (Fsp3) is 0.244. The predicted octanol–water partition coefficient (Wildman–Crippen LogP) is 8.84. The summed E-state index contributed by atoms with van der Waals surface area (Å²) in [5.41, 5.74) is 1.96. The van der Waals surface area contributed by atoms with E-state index in [1.807, 2.05) is 27.7 Å². The fourth-order valence-electron chi connectivity index (χ4n) is 7.61. The lowest BCUT2D eigenvalue weighted by molar-refractivity contribution is 0.0876. The summed E-state index contributed by atoms with van der Waals surface area (Å²) in [7, 11) is 0. The Hall–Kier alpha value is -6.62. The van der Waals surface area contributed by atoms with Gasteiger partial charge in [-0.25, -0.2) is 0 Å². The highest BCUT2D eigenvalue weighted by molar-refractivity contribution is 6.02. The van der Waals surface area contributed by atoms with Gasteiger partial charge in [-0.15, -0.1) is 0 Å². The van der Waals surface area contributed by atoms with Crippen LogP contribution in [0.3, 0.4) is 0 Å². The summed E-state index contributed by atoms with van der Waals surface area (Å²) in [6.45, 7) is 9.18. The van der Waals surface area contributed by atoms with Crippen LogP contribution < -0.4 is 5.43 Å². The Kier molecular flexibility index (Phi) is 10.6. The van der Waals surface area contributed by atoms with Crippen LogP contribution in [0.2, 0.25) is 0 Å². The number of aromatic hydroxyl groups is 8. The fourth-order valence-corrected chi connectivity index (χ4v) is 7.61. The molecule has 4 aromatic carbocycles. The molecule has 1 aliphatic carbocycles. The highest BCUT2D eigenvalue weighted by atomic mass is 16.3. The first kappa shape index (κ1) is 39.1. The maximum absolute atomic E-state index is 15.0. The van der Waals surface area contributed by atoms with E-state index in [0.29, 0.717) is 5.56 Å². The largest absolute Gasteiger partial charge is 0.508 e. The van der Waals surface area contributed by atoms with Gasteiger partial charge in [-0.2, -0.15) is 0 Å². The normalized spacial score (nSPS) is 16.7. The van der Waals surface area contributed by atoms with Crippen molar-refractivity contribution in [3.8, 4) is 57.3 Å². The molecule has 1 heterocycles. The van der Waals surface area contributed by atoms with Crippen LogP contribution >= 0.6 is 0 Å². The second-order valence-electron chi connectivity index (χ2n) is 14.9. The molecule has 5 aromatic rings. The highest BCUT2D eigenvalue weighted by Crippen LogP contribution is 2.54. The monoisotopic (exact) mass is 760 g/mol. The Bertz CT molecular complexity index is 2550. The van der Waals surface area contributed by atoms with Gasteiger partial charge in [0.1, 0.15) is 62.7 Å². The zero-order valence-corrected chi connectivity index (χ0v) is 31.6. The lowest BCUT2D eigenvalue weighted by Gasteiger charge is -2.37. The first-order valence-electron chi connectivity index (χ1n) is 18.1. The number of fused-ring (bicyclic) bond motifs is 1. The van der Waals surface area contributed by atoms with Crippen molar-refractivity contribution in [2.45, 2.75) is 65.7 Å². The van der Waals surface area contributed by atoms with Gasteiger partial charge in [-0.3, -0.25) is 9.59 Å². The maximum Gasteiger partial charge on any atom is 0.200 e. The third-order valence-electron chi connectivity index (χ3n) is 10.3. The van der Waals surface area contributed by atoms with Crippen LogP contribution in [0, 0.1) is 5.92 Å². The molecule has 1 aliphatic rings. The van der Waals surface area contributed by atoms with E-state index in [-0.39, 0.29) is 86.8 Å². The summed E-state index contributed by atoms with van der Waals surface area (Å²) < 4.78 is 6.19. The summed E-state index contributed by atoms with van der Waals surface area (Å²) in [6, 6.07) is 11.5. The number of benzene rings is 4. The van der Waals surface area contributed by atoms with E-state index < -0.39 is 52.0 Å². The number of allylic oxidation sites excluding steroid dienone is 6. The number of hydrogen-bond donors (Lipinski definition) is 8. The van der Waals surface area contributed by atoms with Gasteiger partial charge in [0, 0.05) is 52.6 Å². The smallest absolute Gasteiger partial charge is 0.200 e. The van der Waals surface area contributed by atoms with Crippen LogP contribution in [0.25, 0.3) is 22.3 Å². The lowest BCUT2D eigenvalue weighted by atomic mass is 9.65. The van der Waals surface area contributed by atoms with Gasteiger partial charge in [0.2, 0.25) is 5.43 Å². The molecule has 56 heavy (non-hydrogen) atoms. The van der Waals surface area contributed by atoms with E-state index in [0.717, 1.165) is 34.9 Å². The van der Waals surface area contributed by atoms with Gasteiger partial charge in [0.05, 0.1) is 11.1 Å². The molecule has 11 heteroatoms. The molecule has 0 radical (unpaired) electrons.